The van der Waals surface area contributed by atoms with Crippen molar-refractivity contribution in [2.24, 2.45) is 10.8 Å². The highest BCUT2D eigenvalue weighted by atomic mass is 16.2. The van der Waals surface area contributed by atoms with Gasteiger partial charge in [-0.2, -0.15) is 0 Å². The number of allylic oxidation sites excluding steroid dienone is 2. The number of hydrogen-bond acceptors (Lipinski definition) is 4. The number of carbonyl (C=O) groups is 2. The molecule has 0 saturated carbocycles. The lowest BCUT2D eigenvalue weighted by Gasteiger charge is -2.48. The monoisotopic (exact) mass is 377 g/mol. The van der Waals surface area contributed by atoms with Crippen LogP contribution in [0.4, 0.5) is 0 Å². The van der Waals surface area contributed by atoms with Gasteiger partial charge >= 0.3 is 0 Å². The Morgan fingerprint density at radius 1 is 1.11 bits per heavy atom. The van der Waals surface area contributed by atoms with Crippen LogP contribution < -0.4 is 5.32 Å². The fourth-order valence-corrected chi connectivity index (χ4v) is 5.14. The zero-order valence-electron chi connectivity index (χ0n) is 16.6. The van der Waals surface area contributed by atoms with Crippen LogP contribution in [0.25, 0.3) is 0 Å². The quantitative estimate of drug-likeness (QED) is 0.614. The Morgan fingerprint density at radius 2 is 1.79 bits per heavy atom. The molecule has 0 radical (unpaired) electrons. The number of ketones is 1. The minimum Gasteiger partial charge on any atom is -0.325 e. The molecule has 0 unspecified atom stereocenters. The minimum absolute atomic E-state index is 0.121. The molecule has 2 aliphatic heterocycles. The first-order valence-electron chi connectivity index (χ1n) is 9.99. The number of piperidine rings is 1. The van der Waals surface area contributed by atoms with E-state index in [0.29, 0.717) is 31.3 Å². The molecule has 28 heavy (non-hydrogen) atoms. The Balaban J connectivity index is 1.65. The summed E-state index contributed by atoms with van der Waals surface area (Å²) in [6.45, 7) is 6.58. The van der Waals surface area contributed by atoms with E-state index in [0.717, 1.165) is 30.9 Å². The van der Waals surface area contributed by atoms with Crippen LogP contribution in [0.3, 0.4) is 0 Å². The van der Waals surface area contributed by atoms with Crippen LogP contribution in [0.1, 0.15) is 45.1 Å². The van der Waals surface area contributed by atoms with E-state index < -0.39 is 5.41 Å². The topological polar surface area (TPSA) is 73.3 Å². The van der Waals surface area contributed by atoms with Crippen LogP contribution in [0.5, 0.6) is 0 Å². The molecule has 0 atom stereocenters. The van der Waals surface area contributed by atoms with E-state index in [1.165, 1.54) is 5.56 Å². The molecule has 1 aromatic carbocycles. The van der Waals surface area contributed by atoms with Crippen molar-refractivity contribution in [3.63, 3.8) is 0 Å². The molecule has 2 N–H and O–H groups in total. The summed E-state index contributed by atoms with van der Waals surface area (Å²) in [5.41, 5.74) is 2.32. The third kappa shape index (κ3) is 3.15. The summed E-state index contributed by atoms with van der Waals surface area (Å²) in [6, 6.07) is 10.3. The van der Waals surface area contributed by atoms with Crippen molar-refractivity contribution in [2.45, 2.75) is 46.1 Å². The molecule has 1 spiro atoms. The van der Waals surface area contributed by atoms with Gasteiger partial charge in [0.15, 0.2) is 5.78 Å². The van der Waals surface area contributed by atoms with Crippen LogP contribution in [0.15, 0.2) is 47.2 Å². The van der Waals surface area contributed by atoms with Crippen molar-refractivity contribution in [1.82, 2.24) is 10.2 Å². The van der Waals surface area contributed by atoms with E-state index in [4.69, 9.17) is 5.41 Å². The molecular weight excluding hydrogens is 350 g/mol. The van der Waals surface area contributed by atoms with E-state index in [1.54, 1.807) is 0 Å². The Morgan fingerprint density at radius 3 is 2.43 bits per heavy atom. The second-order valence-electron chi connectivity index (χ2n) is 9.09. The van der Waals surface area contributed by atoms with Gasteiger partial charge in [0.2, 0.25) is 0 Å². The van der Waals surface area contributed by atoms with Gasteiger partial charge in [-0.3, -0.25) is 19.9 Å². The lowest BCUT2D eigenvalue weighted by molar-refractivity contribution is -0.122. The molecule has 1 amide bonds. The van der Waals surface area contributed by atoms with Gasteiger partial charge < -0.3 is 5.32 Å². The van der Waals surface area contributed by atoms with Gasteiger partial charge in [-0.15, -0.1) is 0 Å². The summed E-state index contributed by atoms with van der Waals surface area (Å²) >= 11 is 0. The molecule has 2 heterocycles. The van der Waals surface area contributed by atoms with Gasteiger partial charge in [-0.05, 0) is 49.2 Å². The maximum Gasteiger partial charge on any atom is 0.261 e. The lowest BCUT2D eigenvalue weighted by Crippen LogP contribution is -2.53. The smallest absolute Gasteiger partial charge is 0.261 e. The van der Waals surface area contributed by atoms with Crippen LogP contribution in [0, 0.1) is 16.2 Å². The first-order valence-corrected chi connectivity index (χ1v) is 9.99. The maximum absolute atomic E-state index is 13.1. The van der Waals surface area contributed by atoms with Gasteiger partial charge in [-0.25, -0.2) is 0 Å². The Hall–Kier alpha value is -2.49. The number of rotatable bonds is 2. The normalized spacial score (nSPS) is 24.0. The number of carbonyl (C=O) groups excluding carboxylic acids is 2. The van der Waals surface area contributed by atoms with Crippen molar-refractivity contribution in [3.8, 4) is 0 Å². The number of fused-ring (bicyclic) bond motifs is 1. The average Bonchev–Trinajstić information content (AvgIpc) is 2.63. The second-order valence-corrected chi connectivity index (χ2v) is 9.09. The predicted molar refractivity (Wildman–Crippen MR) is 108 cm³/mol. The molecule has 5 nitrogen and oxygen atoms in total. The number of nitrogens with zero attached hydrogens (tertiary/aromatic N) is 1. The minimum atomic E-state index is -0.653. The van der Waals surface area contributed by atoms with Crippen LogP contribution in [0.2, 0.25) is 0 Å². The standard InChI is InChI=1S/C23H27N3O2/c1-22(2)12-18-20(19(27)13-22)23(17(14-24)21(28)25-18)8-10-26(11-9-23)15-16-6-4-3-5-7-16/h3-7,24H,8-13,15H2,1-2H3,(H,25,28). The van der Waals surface area contributed by atoms with Crippen LogP contribution in [-0.2, 0) is 16.1 Å². The fraction of sp³-hybridized carbons (Fsp3) is 0.478. The average molecular weight is 377 g/mol. The summed E-state index contributed by atoms with van der Waals surface area (Å²) < 4.78 is 0. The number of benzene rings is 1. The van der Waals surface area contributed by atoms with Crippen molar-refractivity contribution < 1.29 is 9.59 Å². The maximum atomic E-state index is 13.1. The van der Waals surface area contributed by atoms with E-state index >= 15 is 0 Å². The summed E-state index contributed by atoms with van der Waals surface area (Å²) in [5.74, 6) is 2.27. The summed E-state index contributed by atoms with van der Waals surface area (Å²) in [4.78, 5) is 28.3. The molecule has 5 heteroatoms. The van der Waals surface area contributed by atoms with E-state index in [-0.39, 0.29) is 17.1 Å². The number of likely N-dealkylation sites (tertiary alicyclic amines) is 1. The Bertz CT molecular complexity index is 899. The molecule has 1 aromatic rings. The summed E-state index contributed by atoms with van der Waals surface area (Å²) in [7, 11) is 0. The molecule has 1 aliphatic carbocycles. The zero-order valence-corrected chi connectivity index (χ0v) is 16.6. The van der Waals surface area contributed by atoms with E-state index in [2.05, 4.69) is 42.1 Å². The van der Waals surface area contributed by atoms with Crippen LogP contribution in [-0.4, -0.2) is 35.5 Å². The highest BCUT2D eigenvalue weighted by molar-refractivity contribution is 6.11. The highest BCUT2D eigenvalue weighted by Gasteiger charge is 2.53. The van der Waals surface area contributed by atoms with Gasteiger partial charge in [-0.1, -0.05) is 44.2 Å². The van der Waals surface area contributed by atoms with Crippen molar-refractivity contribution >= 4 is 17.6 Å². The first-order chi connectivity index (χ1) is 13.3. The predicted octanol–water partition coefficient (Wildman–Crippen LogP) is 3.22. The largest absolute Gasteiger partial charge is 0.325 e. The molecule has 0 bridgehead atoms. The number of Topliss-reactive ketones (excluding diaryl/α,β-unsaturated/α-hetero) is 1. The van der Waals surface area contributed by atoms with Gasteiger partial charge in [0.1, 0.15) is 0 Å². The molecule has 0 aromatic heterocycles. The molecule has 146 valence electrons. The van der Waals surface area contributed by atoms with Gasteiger partial charge in [0.25, 0.3) is 5.91 Å². The number of hydrogen-bond donors (Lipinski definition) is 2. The zero-order chi connectivity index (χ0) is 19.9. The fourth-order valence-electron chi connectivity index (χ4n) is 5.14. The van der Waals surface area contributed by atoms with E-state index in [9.17, 15) is 9.59 Å². The SMILES string of the molecule is CC1(C)CC(=O)C2=C(C1)NC(=O)C(=C=N)C21CCN(Cc2ccccc2)CC1. The summed E-state index contributed by atoms with van der Waals surface area (Å²) in [5, 5.41) is 10.7. The highest BCUT2D eigenvalue weighted by Crippen LogP contribution is 2.52. The van der Waals surface area contributed by atoms with Crippen molar-refractivity contribution in [1.29, 1.82) is 5.41 Å². The third-order valence-corrected chi connectivity index (χ3v) is 6.41. The van der Waals surface area contributed by atoms with E-state index in [1.807, 2.05) is 18.2 Å². The van der Waals surface area contributed by atoms with Gasteiger partial charge in [0, 0.05) is 29.7 Å². The third-order valence-electron chi connectivity index (χ3n) is 6.41. The molecular formula is C23H27N3O2. The van der Waals surface area contributed by atoms with Crippen molar-refractivity contribution in [2.75, 3.05) is 13.1 Å². The Labute approximate surface area is 166 Å². The van der Waals surface area contributed by atoms with Crippen molar-refractivity contribution in [3.05, 3.63) is 52.7 Å². The number of nitrogens with one attached hydrogen (secondary N) is 2. The number of amides is 1. The first kappa shape index (κ1) is 18.9. The molecule has 3 aliphatic rings. The second kappa shape index (κ2) is 6.84. The Kier molecular flexibility index (Phi) is 4.60. The molecule has 1 fully saturated rings. The van der Waals surface area contributed by atoms with Gasteiger partial charge in [0.05, 0.1) is 5.57 Å². The summed E-state index contributed by atoms with van der Waals surface area (Å²) in [6.07, 6.45) is 2.54. The van der Waals surface area contributed by atoms with Crippen LogP contribution >= 0.6 is 0 Å². The molecule has 1 saturated heterocycles. The molecule has 4 rings (SSSR count). The lowest BCUT2D eigenvalue weighted by atomic mass is 9.59.